The fraction of sp³-hybridized carbons (Fsp3) is 0.571. The summed E-state index contributed by atoms with van der Waals surface area (Å²) >= 11 is 1.84. The maximum atomic E-state index is 12.3. The molecular formula is C21H29ClN2O2S. The Bertz CT molecular complexity index is 831. The third-order valence-electron chi connectivity index (χ3n) is 5.61. The van der Waals surface area contributed by atoms with E-state index in [1.165, 1.54) is 24.9 Å². The topological polar surface area (TPSA) is 45.3 Å². The van der Waals surface area contributed by atoms with Crippen molar-refractivity contribution in [1.29, 1.82) is 0 Å². The summed E-state index contributed by atoms with van der Waals surface area (Å²) in [7, 11) is 0. The monoisotopic (exact) mass is 408 g/mol. The molecule has 0 amide bonds. The van der Waals surface area contributed by atoms with Gasteiger partial charge in [0.25, 0.3) is 5.56 Å². The summed E-state index contributed by atoms with van der Waals surface area (Å²) in [4.78, 5) is 17.9. The van der Waals surface area contributed by atoms with E-state index in [1.54, 1.807) is 0 Å². The van der Waals surface area contributed by atoms with Crippen molar-refractivity contribution in [3.63, 3.8) is 0 Å². The average molecular weight is 409 g/mol. The van der Waals surface area contributed by atoms with Crippen molar-refractivity contribution in [2.24, 2.45) is 0 Å². The number of thioether (sulfide) groups is 1. The summed E-state index contributed by atoms with van der Waals surface area (Å²) in [6.45, 7) is 5.74. The maximum Gasteiger partial charge on any atom is 0.252 e. The van der Waals surface area contributed by atoms with Gasteiger partial charge in [-0.2, -0.15) is 11.8 Å². The molecule has 4 rings (SSSR count). The van der Waals surface area contributed by atoms with E-state index in [4.69, 9.17) is 4.74 Å². The first-order valence-electron chi connectivity index (χ1n) is 9.89. The summed E-state index contributed by atoms with van der Waals surface area (Å²) < 4.78 is 6.31. The van der Waals surface area contributed by atoms with Gasteiger partial charge in [-0.05, 0) is 61.7 Å². The quantitative estimate of drug-likeness (QED) is 0.797. The summed E-state index contributed by atoms with van der Waals surface area (Å²) in [6, 6.07) is 6.15. The molecule has 27 heavy (non-hydrogen) atoms. The molecule has 0 aliphatic carbocycles. The van der Waals surface area contributed by atoms with Crippen LogP contribution in [0.3, 0.4) is 0 Å². The number of hydrogen-bond donors (Lipinski definition) is 1. The number of H-pyrrole nitrogens is 1. The first-order chi connectivity index (χ1) is 12.7. The summed E-state index contributed by atoms with van der Waals surface area (Å²) in [5, 5.41) is 1.16. The van der Waals surface area contributed by atoms with E-state index in [0.29, 0.717) is 6.10 Å². The van der Waals surface area contributed by atoms with E-state index in [9.17, 15) is 4.79 Å². The zero-order valence-corrected chi connectivity index (χ0v) is 17.6. The zero-order chi connectivity index (χ0) is 17.9. The van der Waals surface area contributed by atoms with Gasteiger partial charge in [0.05, 0.1) is 0 Å². The Labute approximate surface area is 171 Å². The van der Waals surface area contributed by atoms with Crippen molar-refractivity contribution in [3.8, 4) is 5.75 Å². The number of piperidine rings is 1. The molecule has 6 heteroatoms. The lowest BCUT2D eigenvalue weighted by atomic mass is 10.0. The summed E-state index contributed by atoms with van der Waals surface area (Å²) in [6.07, 6.45) is 6.03. The molecule has 0 spiro atoms. The molecule has 0 atom stereocenters. The highest BCUT2D eigenvalue weighted by atomic mass is 35.5. The van der Waals surface area contributed by atoms with Crippen LogP contribution in [0.25, 0.3) is 10.9 Å². The Morgan fingerprint density at radius 1 is 1.26 bits per heavy atom. The van der Waals surface area contributed by atoms with Crippen LogP contribution in [0.2, 0.25) is 0 Å². The van der Waals surface area contributed by atoms with Crippen molar-refractivity contribution in [3.05, 3.63) is 39.7 Å². The smallest absolute Gasteiger partial charge is 0.252 e. The molecule has 0 unspecified atom stereocenters. The van der Waals surface area contributed by atoms with Gasteiger partial charge in [0.2, 0.25) is 0 Å². The Morgan fingerprint density at radius 3 is 2.85 bits per heavy atom. The van der Waals surface area contributed by atoms with E-state index < -0.39 is 0 Å². The second kappa shape index (κ2) is 9.35. The lowest BCUT2D eigenvalue weighted by Gasteiger charge is -2.32. The Kier molecular flexibility index (Phi) is 7.12. The SMILES string of the molecule is CCCCN1CCC(Oc2ccc3[nH]c(=O)c4c(c3c2)CCSC4)CC1.Cl. The van der Waals surface area contributed by atoms with Crippen LogP contribution in [-0.4, -0.2) is 41.4 Å². The van der Waals surface area contributed by atoms with Gasteiger partial charge in [0.15, 0.2) is 0 Å². The predicted molar refractivity (Wildman–Crippen MR) is 117 cm³/mol. The number of pyridine rings is 1. The molecule has 4 nitrogen and oxygen atoms in total. The zero-order valence-electron chi connectivity index (χ0n) is 16.0. The number of aromatic amines is 1. The minimum atomic E-state index is 0. The second-order valence-corrected chi connectivity index (χ2v) is 8.54. The van der Waals surface area contributed by atoms with Gasteiger partial charge < -0.3 is 14.6 Å². The predicted octanol–water partition coefficient (Wildman–Crippen LogP) is 4.38. The van der Waals surface area contributed by atoms with Gasteiger partial charge in [-0.15, -0.1) is 12.4 Å². The molecule has 2 aliphatic heterocycles. The van der Waals surface area contributed by atoms with Gasteiger partial charge in [-0.3, -0.25) is 4.79 Å². The van der Waals surface area contributed by atoms with Crippen LogP contribution in [0.1, 0.15) is 43.7 Å². The molecule has 1 aromatic heterocycles. The molecule has 2 aliphatic rings. The second-order valence-electron chi connectivity index (χ2n) is 7.43. The number of unbranched alkanes of at least 4 members (excludes halogenated alkanes) is 1. The number of nitrogens with zero attached hydrogens (tertiary/aromatic N) is 1. The molecule has 3 heterocycles. The molecule has 1 saturated heterocycles. The van der Waals surface area contributed by atoms with Gasteiger partial charge in [0.1, 0.15) is 11.9 Å². The number of halogens is 1. The fourth-order valence-electron chi connectivity index (χ4n) is 4.06. The maximum absolute atomic E-state index is 12.3. The van der Waals surface area contributed by atoms with E-state index in [-0.39, 0.29) is 18.0 Å². The van der Waals surface area contributed by atoms with Gasteiger partial charge in [-0.25, -0.2) is 0 Å². The largest absolute Gasteiger partial charge is 0.490 e. The number of benzene rings is 1. The van der Waals surface area contributed by atoms with Crippen LogP contribution in [0.4, 0.5) is 0 Å². The van der Waals surface area contributed by atoms with Crippen LogP contribution >= 0.6 is 24.2 Å². The summed E-state index contributed by atoms with van der Waals surface area (Å²) in [5.74, 6) is 2.85. The van der Waals surface area contributed by atoms with E-state index in [0.717, 1.165) is 66.1 Å². The molecule has 148 valence electrons. The third-order valence-corrected chi connectivity index (χ3v) is 6.60. The fourth-order valence-corrected chi connectivity index (χ4v) is 5.07. The molecule has 0 radical (unpaired) electrons. The van der Waals surface area contributed by atoms with Crippen LogP contribution in [0, 0.1) is 0 Å². The first-order valence-corrected chi connectivity index (χ1v) is 11.0. The minimum Gasteiger partial charge on any atom is -0.490 e. The van der Waals surface area contributed by atoms with Crippen molar-refractivity contribution in [2.45, 2.75) is 50.9 Å². The molecular weight excluding hydrogens is 380 g/mol. The highest BCUT2D eigenvalue weighted by Crippen LogP contribution is 2.30. The van der Waals surface area contributed by atoms with Crippen molar-refractivity contribution >= 4 is 35.1 Å². The number of likely N-dealkylation sites (tertiary alicyclic amines) is 1. The van der Waals surface area contributed by atoms with E-state index >= 15 is 0 Å². The first kappa shape index (κ1) is 20.6. The third kappa shape index (κ3) is 4.64. The Morgan fingerprint density at radius 2 is 2.07 bits per heavy atom. The van der Waals surface area contributed by atoms with Gasteiger partial charge >= 0.3 is 0 Å². The lowest BCUT2D eigenvalue weighted by molar-refractivity contribution is 0.0999. The number of ether oxygens (including phenoxy) is 1. The van der Waals surface area contributed by atoms with E-state index in [2.05, 4.69) is 22.9 Å². The van der Waals surface area contributed by atoms with Crippen molar-refractivity contribution in [1.82, 2.24) is 9.88 Å². The number of aryl methyl sites for hydroxylation is 1. The number of aromatic nitrogens is 1. The van der Waals surface area contributed by atoms with Gasteiger partial charge in [-0.1, -0.05) is 13.3 Å². The Balaban J connectivity index is 0.00000210. The van der Waals surface area contributed by atoms with Crippen LogP contribution in [0.15, 0.2) is 23.0 Å². The van der Waals surface area contributed by atoms with Gasteiger partial charge in [0, 0.05) is 35.3 Å². The van der Waals surface area contributed by atoms with Crippen molar-refractivity contribution < 1.29 is 4.74 Å². The minimum absolute atomic E-state index is 0. The average Bonchev–Trinajstić information content (AvgIpc) is 2.68. The number of fused-ring (bicyclic) bond motifs is 3. The number of rotatable bonds is 5. The molecule has 1 aromatic carbocycles. The van der Waals surface area contributed by atoms with Crippen LogP contribution < -0.4 is 10.3 Å². The standard InChI is InChI=1S/C21H28N2O2S.ClH/c1-2-3-9-23-10-6-15(7-11-23)25-16-4-5-20-18(13-16)17-8-12-26-14-19(17)21(24)22-20;/h4-5,13,15H,2-3,6-12,14H2,1H3,(H,22,24);1H. The molecule has 2 aromatic rings. The molecule has 1 fully saturated rings. The number of hydrogen-bond acceptors (Lipinski definition) is 4. The highest BCUT2D eigenvalue weighted by molar-refractivity contribution is 7.98. The summed E-state index contributed by atoms with van der Waals surface area (Å²) in [5.41, 5.74) is 3.19. The van der Waals surface area contributed by atoms with Crippen molar-refractivity contribution in [2.75, 3.05) is 25.4 Å². The number of nitrogens with one attached hydrogen (secondary N) is 1. The molecule has 0 saturated carbocycles. The molecule has 0 bridgehead atoms. The molecule has 1 N–H and O–H groups in total. The Hall–Kier alpha value is -1.17. The lowest BCUT2D eigenvalue weighted by Crippen LogP contribution is -2.38. The normalized spacial score (nSPS) is 18.1. The highest BCUT2D eigenvalue weighted by Gasteiger charge is 2.21. The van der Waals surface area contributed by atoms with Crippen LogP contribution in [0.5, 0.6) is 5.75 Å². The van der Waals surface area contributed by atoms with Crippen LogP contribution in [-0.2, 0) is 12.2 Å². The van der Waals surface area contributed by atoms with E-state index in [1.807, 2.05) is 23.9 Å².